The van der Waals surface area contributed by atoms with Crippen molar-refractivity contribution in [2.24, 2.45) is 0 Å². The van der Waals surface area contributed by atoms with Crippen LogP contribution in [0.15, 0.2) is 0 Å². The SMILES string of the molecule is [CH2]=[Os](=[CH2])(=[O])=[O]. The van der Waals surface area contributed by atoms with Crippen LogP contribution < -0.4 is 0 Å². The van der Waals surface area contributed by atoms with Gasteiger partial charge in [0.15, 0.2) is 0 Å². The van der Waals surface area contributed by atoms with E-state index in [-0.39, 0.29) is 0 Å². The maximum absolute atomic E-state index is 9.52. The summed E-state index contributed by atoms with van der Waals surface area (Å²) in [5.41, 5.74) is 0. The van der Waals surface area contributed by atoms with Gasteiger partial charge in [0.25, 0.3) is 0 Å². The van der Waals surface area contributed by atoms with Gasteiger partial charge in [-0.05, 0) is 0 Å². The molecular weight excluding hydrogens is 246 g/mol. The van der Waals surface area contributed by atoms with Crippen molar-refractivity contribution in [1.29, 1.82) is 0 Å². The van der Waals surface area contributed by atoms with Crippen molar-refractivity contribution in [1.82, 2.24) is 0 Å². The fourth-order valence-electron chi connectivity index (χ4n) is 0. The molecule has 2 nitrogen and oxygen atoms in total. The van der Waals surface area contributed by atoms with E-state index in [1.165, 1.54) is 0 Å². The molecule has 0 radical (unpaired) electrons. The van der Waals surface area contributed by atoms with Gasteiger partial charge in [-0.2, -0.15) is 0 Å². The summed E-state index contributed by atoms with van der Waals surface area (Å²) in [6.07, 6.45) is 0. The van der Waals surface area contributed by atoms with Gasteiger partial charge in [0.05, 0.1) is 0 Å². The zero-order valence-electron chi connectivity index (χ0n) is 2.58. The molecule has 0 saturated carbocycles. The molecule has 32 valence electrons. The molecule has 0 N–H and O–H groups in total. The van der Waals surface area contributed by atoms with Crippen molar-refractivity contribution >= 4 is 10.1 Å². The Morgan fingerprint density at radius 2 is 1.20 bits per heavy atom. The minimum absolute atomic E-state index is 2.74. The van der Waals surface area contributed by atoms with Gasteiger partial charge in [-0.25, -0.2) is 0 Å². The van der Waals surface area contributed by atoms with Gasteiger partial charge in [-0.3, -0.25) is 0 Å². The van der Waals surface area contributed by atoms with Gasteiger partial charge in [-0.15, -0.1) is 0 Å². The Balaban J connectivity index is 6.05. The molecule has 0 amide bonds. The molecule has 0 unspecified atom stereocenters. The summed E-state index contributed by atoms with van der Waals surface area (Å²) in [6, 6.07) is 0. The average molecular weight is 250 g/mol. The third-order valence-corrected chi connectivity index (χ3v) is 0. The van der Waals surface area contributed by atoms with E-state index in [9.17, 15) is 7.08 Å². The van der Waals surface area contributed by atoms with Crippen LogP contribution in [-0.4, -0.2) is 10.1 Å². The molecule has 0 spiro atoms. The summed E-state index contributed by atoms with van der Waals surface area (Å²) >= 11 is -4.06. The number of rotatable bonds is 0. The van der Waals surface area contributed by atoms with Crippen LogP contribution in [0.3, 0.4) is 0 Å². The minimum atomic E-state index is -4.06. The standard InChI is InChI=1S/2CH2.2O.Os/h2*1H2;;;. The maximum atomic E-state index is 9.52. The van der Waals surface area contributed by atoms with Crippen LogP contribution in [0.4, 0.5) is 0 Å². The van der Waals surface area contributed by atoms with Crippen LogP contribution in [0, 0.1) is 0 Å². The zero-order valence-corrected chi connectivity index (χ0v) is 5.12. The Morgan fingerprint density at radius 3 is 1.20 bits per heavy atom. The monoisotopic (exact) mass is 252 g/mol. The first kappa shape index (κ1) is 4.98. The Labute approximate surface area is 31.9 Å². The number of hydrogen-bond acceptors (Lipinski definition) is 2. The fraction of sp³-hybridized carbons (Fsp3) is 0. The van der Waals surface area contributed by atoms with E-state index in [1.54, 1.807) is 0 Å². The molecule has 0 aliphatic carbocycles. The van der Waals surface area contributed by atoms with Gasteiger partial charge in [0.2, 0.25) is 0 Å². The topological polar surface area (TPSA) is 34.1 Å². The molecule has 0 aromatic rings. The van der Waals surface area contributed by atoms with E-state index in [2.05, 4.69) is 10.1 Å². The Kier molecular flexibility index (Phi) is 0.982. The normalized spacial score (nSPS) is 11.2. The first-order valence-electron chi connectivity index (χ1n) is 0.789. The van der Waals surface area contributed by atoms with Gasteiger partial charge in [-0.1, -0.05) is 0 Å². The molecule has 3 heteroatoms. The van der Waals surface area contributed by atoms with Crippen molar-refractivity contribution in [3.05, 3.63) is 0 Å². The summed E-state index contributed by atoms with van der Waals surface area (Å²) < 4.78 is 19.0. The molecule has 0 aliphatic heterocycles. The quantitative estimate of drug-likeness (QED) is 0.591. The second-order valence-corrected chi connectivity index (χ2v) is 5.27. The zero-order chi connectivity index (χ0) is 4.50. The summed E-state index contributed by atoms with van der Waals surface area (Å²) in [6.45, 7) is 0. The Hall–Kier alpha value is -0.0236. The van der Waals surface area contributed by atoms with E-state index < -0.39 is 14.0 Å². The molecule has 0 heterocycles. The molecule has 0 bridgehead atoms. The first-order valence-corrected chi connectivity index (χ1v) is 6.46. The molecule has 0 fully saturated rings. The summed E-state index contributed by atoms with van der Waals surface area (Å²) in [5, 5.41) is 5.49. The van der Waals surface area contributed by atoms with Crippen LogP contribution in [0.2, 0.25) is 0 Å². The Morgan fingerprint density at radius 1 is 1.20 bits per heavy atom. The van der Waals surface area contributed by atoms with E-state index in [4.69, 9.17) is 0 Å². The molecule has 5 heavy (non-hydrogen) atoms. The van der Waals surface area contributed by atoms with Crippen LogP contribution >= 0.6 is 0 Å². The van der Waals surface area contributed by atoms with Crippen LogP contribution in [0.25, 0.3) is 0 Å². The van der Waals surface area contributed by atoms with Crippen molar-refractivity contribution < 1.29 is 21.1 Å². The second-order valence-electron chi connectivity index (χ2n) is 0.644. The average Bonchev–Trinajstić information content (AvgIpc) is 0.722. The third kappa shape index (κ3) is 27800. The van der Waals surface area contributed by atoms with Gasteiger partial charge in [0.1, 0.15) is 0 Å². The van der Waals surface area contributed by atoms with Crippen molar-refractivity contribution in [3.63, 3.8) is 0 Å². The van der Waals surface area contributed by atoms with E-state index in [1.807, 2.05) is 0 Å². The van der Waals surface area contributed by atoms with E-state index >= 15 is 0 Å². The first-order chi connectivity index (χ1) is 2.00. The molecule has 0 rings (SSSR count). The van der Waals surface area contributed by atoms with Gasteiger partial charge in [0, 0.05) is 0 Å². The Bertz CT molecular complexity index is 159. The predicted octanol–water partition coefficient (Wildman–Crippen LogP) is -0.305. The van der Waals surface area contributed by atoms with Crippen LogP contribution in [0.5, 0.6) is 0 Å². The van der Waals surface area contributed by atoms with Crippen molar-refractivity contribution in [2.75, 3.05) is 0 Å². The molecular formula is C2H4O2Os. The van der Waals surface area contributed by atoms with Gasteiger partial charge >= 0.3 is 31.2 Å². The summed E-state index contributed by atoms with van der Waals surface area (Å²) in [7, 11) is 0. The molecule has 0 aromatic heterocycles. The van der Waals surface area contributed by atoms with E-state index in [0.29, 0.717) is 0 Å². The molecule has 0 saturated heterocycles. The molecule has 0 atom stereocenters. The molecule has 0 aliphatic rings. The second kappa shape index (κ2) is 0.986. The van der Waals surface area contributed by atoms with E-state index in [0.717, 1.165) is 0 Å². The predicted molar refractivity (Wildman–Crippen MR) is 15.6 cm³/mol. The van der Waals surface area contributed by atoms with Crippen molar-refractivity contribution in [3.8, 4) is 0 Å². The fourth-order valence-corrected chi connectivity index (χ4v) is 0. The summed E-state index contributed by atoms with van der Waals surface area (Å²) in [5.74, 6) is 0. The molecule has 0 aromatic carbocycles. The van der Waals surface area contributed by atoms with Crippen LogP contribution in [-0.2, 0) is 21.1 Å². The van der Waals surface area contributed by atoms with Crippen molar-refractivity contribution in [2.45, 2.75) is 0 Å². The number of hydrogen-bond donors (Lipinski definition) is 0. The van der Waals surface area contributed by atoms with Crippen LogP contribution in [0.1, 0.15) is 0 Å². The summed E-state index contributed by atoms with van der Waals surface area (Å²) in [4.78, 5) is 0. The van der Waals surface area contributed by atoms with Gasteiger partial charge < -0.3 is 0 Å². The third-order valence-electron chi connectivity index (χ3n) is 0.